The van der Waals surface area contributed by atoms with Gasteiger partial charge in [-0.2, -0.15) is 0 Å². The third-order valence-electron chi connectivity index (χ3n) is 7.68. The van der Waals surface area contributed by atoms with E-state index in [0.717, 1.165) is 61.6 Å². The van der Waals surface area contributed by atoms with Crippen molar-refractivity contribution in [3.05, 3.63) is 86.0 Å². The molecule has 3 rings (SSSR count). The topological polar surface area (TPSA) is 61.0 Å². The maximum Gasteiger partial charge on any atom is 0.161 e. The lowest BCUT2D eigenvalue weighted by atomic mass is 9.90. The molecule has 0 unspecified atom stereocenters. The van der Waals surface area contributed by atoms with Gasteiger partial charge in [0, 0.05) is 35.8 Å². The summed E-state index contributed by atoms with van der Waals surface area (Å²) in [5.74, 6) is 1.65. The van der Waals surface area contributed by atoms with E-state index in [9.17, 15) is 0 Å². The van der Waals surface area contributed by atoms with Crippen LogP contribution < -0.4 is 9.64 Å². The summed E-state index contributed by atoms with van der Waals surface area (Å²) in [7, 11) is 3.76. The van der Waals surface area contributed by atoms with E-state index in [-0.39, 0.29) is 5.84 Å². The van der Waals surface area contributed by atoms with Crippen LogP contribution in [0.5, 0.6) is 5.75 Å². The highest BCUT2D eigenvalue weighted by Gasteiger charge is 2.22. The smallest absolute Gasteiger partial charge is 0.161 e. The molecule has 0 heterocycles. The zero-order valence-corrected chi connectivity index (χ0v) is 24.2. The molecule has 3 aromatic rings. The van der Waals surface area contributed by atoms with Crippen LogP contribution in [0.15, 0.2) is 40.3 Å². The lowest BCUT2D eigenvalue weighted by molar-refractivity contribution is 0.415. The molecule has 0 bridgehead atoms. The molecule has 5 nitrogen and oxygen atoms in total. The van der Waals surface area contributed by atoms with Crippen molar-refractivity contribution >= 4 is 29.3 Å². The second-order valence-corrected chi connectivity index (χ2v) is 9.79. The van der Waals surface area contributed by atoms with Crippen molar-refractivity contribution in [2.45, 2.75) is 62.3 Å². The van der Waals surface area contributed by atoms with Gasteiger partial charge >= 0.3 is 0 Å². The van der Waals surface area contributed by atoms with Gasteiger partial charge in [-0.25, -0.2) is 9.98 Å². The van der Waals surface area contributed by atoms with Crippen LogP contribution in [0.4, 0.5) is 11.4 Å². The molecule has 5 heteroatoms. The zero-order chi connectivity index (χ0) is 27.6. The second-order valence-electron chi connectivity index (χ2n) is 9.79. The molecule has 194 valence electrons. The minimum Gasteiger partial charge on any atom is -0.497 e. The average molecular weight is 497 g/mol. The van der Waals surface area contributed by atoms with Crippen molar-refractivity contribution in [2.24, 2.45) is 9.98 Å². The molecular formula is C32H40N4O. The van der Waals surface area contributed by atoms with Gasteiger partial charge in [0.25, 0.3) is 0 Å². The average Bonchev–Trinajstić information content (AvgIpc) is 2.86. The summed E-state index contributed by atoms with van der Waals surface area (Å²) < 4.78 is 5.33. The number of anilines is 2. The summed E-state index contributed by atoms with van der Waals surface area (Å²) >= 11 is 0. The first-order chi connectivity index (χ1) is 17.4. The second kappa shape index (κ2) is 11.1. The number of aryl methyl sites for hydroxylation is 2. The standard InChI is InChI=1S/C32H40N4O/c1-12-34-32(29-20(4)18(2)17-19(3)21(29)5)35-31(33)28-22(6)24(8)30(25(9)23(28)7)36(10)26-13-15-27(37-11)16-14-26/h12-17,33H,1-11H3/b33-31?,34-12-,35-32-. The largest absolute Gasteiger partial charge is 0.497 e. The summed E-state index contributed by atoms with van der Waals surface area (Å²) in [5, 5.41) is 9.11. The number of aliphatic imine (C=N–C) groups is 2. The number of ether oxygens (including phenoxy) is 1. The van der Waals surface area contributed by atoms with Crippen molar-refractivity contribution in [3.8, 4) is 5.75 Å². The summed E-state index contributed by atoms with van der Waals surface area (Å²) in [5.41, 5.74) is 13.2. The van der Waals surface area contributed by atoms with Gasteiger partial charge in [-0.05, 0) is 131 Å². The normalized spacial score (nSPS) is 11.8. The zero-order valence-electron chi connectivity index (χ0n) is 24.2. The van der Waals surface area contributed by atoms with E-state index in [1.165, 1.54) is 11.1 Å². The first kappa shape index (κ1) is 27.9. The summed E-state index contributed by atoms with van der Waals surface area (Å²) in [4.78, 5) is 11.7. The monoisotopic (exact) mass is 496 g/mol. The van der Waals surface area contributed by atoms with Crippen LogP contribution in [-0.2, 0) is 0 Å². The van der Waals surface area contributed by atoms with Gasteiger partial charge < -0.3 is 9.64 Å². The van der Waals surface area contributed by atoms with E-state index in [4.69, 9.17) is 15.1 Å². The number of rotatable bonds is 5. The Kier molecular flexibility index (Phi) is 8.37. The van der Waals surface area contributed by atoms with Gasteiger partial charge in [-0.15, -0.1) is 0 Å². The van der Waals surface area contributed by atoms with Crippen LogP contribution in [0.3, 0.4) is 0 Å². The minimum absolute atomic E-state index is 0.235. The molecule has 0 amide bonds. The number of amidine groups is 2. The van der Waals surface area contributed by atoms with E-state index < -0.39 is 0 Å². The van der Waals surface area contributed by atoms with Gasteiger partial charge in [0.05, 0.1) is 7.11 Å². The molecule has 0 spiro atoms. The number of hydrogen-bond acceptors (Lipinski definition) is 3. The van der Waals surface area contributed by atoms with Crippen molar-refractivity contribution in [1.29, 1.82) is 5.41 Å². The fourth-order valence-electron chi connectivity index (χ4n) is 5.07. The molecule has 0 aliphatic rings. The van der Waals surface area contributed by atoms with Crippen molar-refractivity contribution < 1.29 is 4.74 Å². The number of methoxy groups -OCH3 is 1. The summed E-state index contributed by atoms with van der Waals surface area (Å²) in [6.45, 7) is 18.8. The van der Waals surface area contributed by atoms with Gasteiger partial charge in [-0.1, -0.05) is 6.07 Å². The third-order valence-corrected chi connectivity index (χ3v) is 7.68. The van der Waals surface area contributed by atoms with Crippen LogP contribution in [0.25, 0.3) is 0 Å². The predicted octanol–water partition coefficient (Wildman–Crippen LogP) is 7.79. The quantitative estimate of drug-likeness (QED) is 0.289. The van der Waals surface area contributed by atoms with Crippen LogP contribution in [0.1, 0.15) is 62.6 Å². The summed E-state index contributed by atoms with van der Waals surface area (Å²) in [6, 6.07) is 10.3. The molecule has 3 aromatic carbocycles. The van der Waals surface area contributed by atoms with Gasteiger partial charge in [0.1, 0.15) is 5.75 Å². The first-order valence-electron chi connectivity index (χ1n) is 12.7. The fraction of sp³-hybridized carbons (Fsp3) is 0.344. The molecule has 1 N–H and O–H groups in total. The Hall–Kier alpha value is -3.73. The number of nitrogens with zero attached hydrogens (tertiary/aromatic N) is 3. The van der Waals surface area contributed by atoms with Gasteiger partial charge in [0.2, 0.25) is 0 Å². The van der Waals surface area contributed by atoms with Gasteiger partial charge in [0.15, 0.2) is 11.7 Å². The Morgan fingerprint density at radius 1 is 0.784 bits per heavy atom. The molecule has 0 fully saturated rings. The molecule has 0 saturated heterocycles. The van der Waals surface area contributed by atoms with E-state index in [2.05, 4.69) is 90.5 Å². The van der Waals surface area contributed by atoms with Crippen molar-refractivity contribution in [2.75, 3.05) is 19.1 Å². The van der Waals surface area contributed by atoms with Crippen LogP contribution >= 0.6 is 0 Å². The highest BCUT2D eigenvalue weighted by Crippen LogP contribution is 2.37. The lowest BCUT2D eigenvalue weighted by Gasteiger charge is -2.28. The molecule has 0 saturated carbocycles. The summed E-state index contributed by atoms with van der Waals surface area (Å²) in [6.07, 6.45) is 1.76. The SMILES string of the molecule is C/C=N\C(=N/C(=N)c1c(C)c(C)c(N(C)c2ccc(OC)cc2)c(C)c1C)c1c(C)c(C)cc(C)c1C. The molecule has 0 atom stereocenters. The number of nitrogens with one attached hydrogen (secondary N) is 1. The molecule has 0 aromatic heterocycles. The van der Waals surface area contributed by atoms with Crippen molar-refractivity contribution in [3.63, 3.8) is 0 Å². The Morgan fingerprint density at radius 3 is 1.76 bits per heavy atom. The fourth-order valence-corrected chi connectivity index (χ4v) is 5.07. The maximum absolute atomic E-state index is 9.11. The Bertz CT molecular complexity index is 1360. The van der Waals surface area contributed by atoms with Gasteiger partial charge in [-0.3, -0.25) is 5.41 Å². The first-order valence-corrected chi connectivity index (χ1v) is 12.7. The lowest BCUT2D eigenvalue weighted by Crippen LogP contribution is -2.17. The molecule has 37 heavy (non-hydrogen) atoms. The Morgan fingerprint density at radius 2 is 1.30 bits per heavy atom. The maximum atomic E-state index is 9.11. The van der Waals surface area contributed by atoms with E-state index in [0.29, 0.717) is 5.84 Å². The van der Waals surface area contributed by atoms with E-state index in [1.54, 1.807) is 13.3 Å². The number of hydrogen-bond donors (Lipinski definition) is 1. The molecule has 0 radical (unpaired) electrons. The molecular weight excluding hydrogens is 456 g/mol. The van der Waals surface area contributed by atoms with E-state index in [1.807, 2.05) is 19.1 Å². The molecule has 0 aliphatic heterocycles. The highest BCUT2D eigenvalue weighted by molar-refractivity contribution is 6.14. The van der Waals surface area contributed by atoms with Crippen LogP contribution in [0.2, 0.25) is 0 Å². The Labute approximate surface area is 222 Å². The van der Waals surface area contributed by atoms with E-state index >= 15 is 0 Å². The third kappa shape index (κ3) is 5.22. The van der Waals surface area contributed by atoms with Crippen LogP contribution in [-0.4, -0.2) is 32.0 Å². The Balaban J connectivity index is 2.16. The van der Waals surface area contributed by atoms with Crippen LogP contribution in [0, 0.1) is 60.8 Å². The predicted molar refractivity (Wildman–Crippen MR) is 159 cm³/mol. The minimum atomic E-state index is 0.235. The van der Waals surface area contributed by atoms with Crippen molar-refractivity contribution in [1.82, 2.24) is 0 Å². The number of benzene rings is 3. The highest BCUT2D eigenvalue weighted by atomic mass is 16.5. The molecule has 0 aliphatic carbocycles.